The second kappa shape index (κ2) is 10.9. The van der Waals surface area contributed by atoms with Crippen molar-refractivity contribution in [1.29, 1.82) is 0 Å². The molecular weight excluding hydrogens is 374 g/mol. The Balaban J connectivity index is 1.62. The van der Waals surface area contributed by atoms with Crippen molar-refractivity contribution >= 4 is 40.7 Å². The van der Waals surface area contributed by atoms with E-state index in [1.54, 1.807) is 31.1 Å². The Morgan fingerprint density at radius 2 is 1.89 bits per heavy atom. The quantitative estimate of drug-likeness (QED) is 0.510. The number of carbonyl (C=O) groups is 1. The molecule has 2 aromatic rings. The molecule has 1 amide bonds. The highest BCUT2D eigenvalue weighted by atomic mass is 32.2. The fourth-order valence-corrected chi connectivity index (χ4v) is 3.63. The third-order valence-electron chi connectivity index (χ3n) is 3.90. The first kappa shape index (κ1) is 21.3. The maximum atomic E-state index is 11.9. The topological polar surface area (TPSA) is 44.4 Å². The number of thioether (sulfide) groups is 1. The van der Waals surface area contributed by atoms with Crippen LogP contribution >= 0.6 is 24.0 Å². The molecule has 0 aliphatic carbocycles. The van der Waals surface area contributed by atoms with Gasteiger partial charge >= 0.3 is 0 Å². The largest absolute Gasteiger partial charge is 0.362 e. The highest BCUT2D eigenvalue weighted by Crippen LogP contribution is 2.14. The highest BCUT2D eigenvalue weighted by molar-refractivity contribution is 7.98. The molecule has 144 valence electrons. The molecule has 2 aromatic carbocycles. The lowest BCUT2D eigenvalue weighted by molar-refractivity contribution is 0.0827. The van der Waals surface area contributed by atoms with Crippen LogP contribution in [0.25, 0.3) is 0 Å². The monoisotopic (exact) mass is 401 g/mol. The van der Waals surface area contributed by atoms with Crippen LogP contribution in [0.2, 0.25) is 0 Å². The third-order valence-corrected chi connectivity index (χ3v) is 5.26. The molecule has 0 spiro atoms. The van der Waals surface area contributed by atoms with Gasteiger partial charge in [-0.15, -0.1) is 0 Å². The summed E-state index contributed by atoms with van der Waals surface area (Å²) in [6, 6.07) is 16.0. The van der Waals surface area contributed by atoms with Gasteiger partial charge in [-0.3, -0.25) is 4.79 Å². The zero-order chi connectivity index (χ0) is 19.6. The summed E-state index contributed by atoms with van der Waals surface area (Å²) in [5.74, 6) is 2.12. The Kier molecular flexibility index (Phi) is 8.61. The van der Waals surface area contributed by atoms with E-state index in [-0.39, 0.29) is 5.91 Å². The number of nitrogens with zero attached hydrogens (tertiary/aromatic N) is 1. The van der Waals surface area contributed by atoms with E-state index in [0.717, 1.165) is 30.2 Å². The molecular formula is C21H27N3OS2. The number of nitrogens with one attached hydrogen (secondary N) is 2. The molecule has 0 aliphatic heterocycles. The van der Waals surface area contributed by atoms with Crippen molar-refractivity contribution < 1.29 is 4.79 Å². The predicted octanol–water partition coefficient (Wildman–Crippen LogP) is 4.31. The predicted molar refractivity (Wildman–Crippen MR) is 121 cm³/mol. The number of thiocarbonyl (C=S) groups is 1. The molecule has 0 atom stereocenters. The molecule has 0 fully saturated rings. The minimum absolute atomic E-state index is 0.00888. The van der Waals surface area contributed by atoms with Crippen LogP contribution < -0.4 is 10.6 Å². The van der Waals surface area contributed by atoms with Crippen LogP contribution in [0, 0.1) is 6.92 Å². The Bertz CT molecular complexity index is 760. The van der Waals surface area contributed by atoms with E-state index in [0.29, 0.717) is 10.7 Å². The molecule has 0 unspecified atom stereocenters. The fourth-order valence-electron chi connectivity index (χ4n) is 2.50. The standard InChI is InChI=1S/C21H27N3OS2/c1-16-6-4-7-17(14-16)15-27-13-5-12-22-21(26)23-19-10-8-18(9-11-19)20(25)24(2)3/h4,6-11,14H,5,12-13,15H2,1-3H3,(H2,22,23,26). The van der Waals surface area contributed by atoms with Crippen LogP contribution in [-0.2, 0) is 5.75 Å². The van der Waals surface area contributed by atoms with E-state index in [1.165, 1.54) is 11.1 Å². The lowest BCUT2D eigenvalue weighted by atomic mass is 10.2. The molecule has 4 nitrogen and oxygen atoms in total. The van der Waals surface area contributed by atoms with Crippen LogP contribution in [-0.4, -0.2) is 42.3 Å². The zero-order valence-electron chi connectivity index (χ0n) is 16.1. The van der Waals surface area contributed by atoms with Crippen molar-refractivity contribution in [3.63, 3.8) is 0 Å². The summed E-state index contributed by atoms with van der Waals surface area (Å²) in [6.07, 6.45) is 1.05. The Morgan fingerprint density at radius 3 is 2.56 bits per heavy atom. The van der Waals surface area contributed by atoms with E-state index < -0.39 is 0 Å². The maximum absolute atomic E-state index is 11.9. The molecule has 0 aromatic heterocycles. The lowest BCUT2D eigenvalue weighted by Crippen LogP contribution is -2.29. The van der Waals surface area contributed by atoms with Crippen LogP contribution in [0.15, 0.2) is 48.5 Å². The number of hydrogen-bond acceptors (Lipinski definition) is 3. The molecule has 0 heterocycles. The van der Waals surface area contributed by atoms with Gasteiger partial charge in [-0.05, 0) is 61.1 Å². The number of hydrogen-bond donors (Lipinski definition) is 2. The van der Waals surface area contributed by atoms with Crippen molar-refractivity contribution in [2.24, 2.45) is 0 Å². The summed E-state index contributed by atoms with van der Waals surface area (Å²) < 4.78 is 0. The zero-order valence-corrected chi connectivity index (χ0v) is 17.8. The molecule has 6 heteroatoms. The SMILES string of the molecule is Cc1cccc(CSCCCNC(=S)Nc2ccc(C(=O)N(C)C)cc2)c1. The van der Waals surface area contributed by atoms with Crippen molar-refractivity contribution in [2.75, 3.05) is 31.7 Å². The van der Waals surface area contributed by atoms with E-state index in [2.05, 4.69) is 41.8 Å². The van der Waals surface area contributed by atoms with Crippen LogP contribution in [0.4, 0.5) is 5.69 Å². The smallest absolute Gasteiger partial charge is 0.253 e. The summed E-state index contributed by atoms with van der Waals surface area (Å²) in [5.41, 5.74) is 4.22. The maximum Gasteiger partial charge on any atom is 0.253 e. The van der Waals surface area contributed by atoms with E-state index in [9.17, 15) is 4.79 Å². The minimum atomic E-state index is -0.00888. The van der Waals surface area contributed by atoms with Crippen molar-refractivity contribution in [3.05, 3.63) is 65.2 Å². The van der Waals surface area contributed by atoms with Crippen LogP contribution in [0.3, 0.4) is 0 Å². The number of rotatable bonds is 8. The van der Waals surface area contributed by atoms with Gasteiger partial charge in [0.05, 0.1) is 0 Å². The van der Waals surface area contributed by atoms with E-state index in [1.807, 2.05) is 23.9 Å². The number of benzene rings is 2. The van der Waals surface area contributed by atoms with E-state index in [4.69, 9.17) is 12.2 Å². The number of anilines is 1. The molecule has 2 N–H and O–H groups in total. The average molecular weight is 402 g/mol. The normalized spacial score (nSPS) is 10.3. The molecule has 0 saturated carbocycles. The van der Waals surface area contributed by atoms with Gasteiger partial charge in [-0.1, -0.05) is 29.8 Å². The van der Waals surface area contributed by atoms with Gasteiger partial charge in [-0.25, -0.2) is 0 Å². The lowest BCUT2D eigenvalue weighted by Gasteiger charge is -2.12. The molecule has 0 bridgehead atoms. The van der Waals surface area contributed by atoms with Crippen molar-refractivity contribution in [1.82, 2.24) is 10.2 Å². The first-order valence-electron chi connectivity index (χ1n) is 8.95. The van der Waals surface area contributed by atoms with Gasteiger partial charge < -0.3 is 15.5 Å². The van der Waals surface area contributed by atoms with Gasteiger partial charge in [0.15, 0.2) is 5.11 Å². The van der Waals surface area contributed by atoms with Crippen LogP contribution in [0.5, 0.6) is 0 Å². The first-order valence-corrected chi connectivity index (χ1v) is 10.5. The van der Waals surface area contributed by atoms with Gasteiger partial charge in [0, 0.05) is 37.6 Å². The molecule has 27 heavy (non-hydrogen) atoms. The van der Waals surface area contributed by atoms with Crippen molar-refractivity contribution in [2.45, 2.75) is 19.1 Å². The molecule has 2 rings (SSSR count). The number of amides is 1. The summed E-state index contributed by atoms with van der Waals surface area (Å²) >= 11 is 7.26. The highest BCUT2D eigenvalue weighted by Gasteiger charge is 2.07. The van der Waals surface area contributed by atoms with Gasteiger partial charge in [-0.2, -0.15) is 11.8 Å². The summed E-state index contributed by atoms with van der Waals surface area (Å²) in [4.78, 5) is 13.4. The fraction of sp³-hybridized carbons (Fsp3) is 0.333. The van der Waals surface area contributed by atoms with Gasteiger partial charge in [0.1, 0.15) is 0 Å². The van der Waals surface area contributed by atoms with Gasteiger partial charge in [0.2, 0.25) is 0 Å². The Labute approximate surface area is 171 Å². The summed E-state index contributed by atoms with van der Waals surface area (Å²) in [6.45, 7) is 2.96. The minimum Gasteiger partial charge on any atom is -0.362 e. The van der Waals surface area contributed by atoms with Gasteiger partial charge in [0.25, 0.3) is 5.91 Å². The second-order valence-electron chi connectivity index (χ2n) is 6.55. The summed E-state index contributed by atoms with van der Waals surface area (Å²) in [7, 11) is 3.49. The summed E-state index contributed by atoms with van der Waals surface area (Å²) in [5, 5.41) is 6.98. The second-order valence-corrected chi connectivity index (χ2v) is 8.07. The third kappa shape index (κ3) is 7.61. The Hall–Kier alpha value is -2.05. The average Bonchev–Trinajstić information content (AvgIpc) is 2.64. The molecule has 0 saturated heterocycles. The number of carbonyl (C=O) groups excluding carboxylic acids is 1. The van der Waals surface area contributed by atoms with Crippen molar-refractivity contribution in [3.8, 4) is 0 Å². The molecule has 0 aliphatic rings. The number of aryl methyl sites for hydroxylation is 1. The van der Waals surface area contributed by atoms with Crippen LogP contribution in [0.1, 0.15) is 27.9 Å². The van der Waals surface area contributed by atoms with E-state index >= 15 is 0 Å². The first-order chi connectivity index (χ1) is 13.0. The Morgan fingerprint density at radius 1 is 1.15 bits per heavy atom. The molecule has 0 radical (unpaired) electrons.